The largest absolute Gasteiger partial charge is 0.346 e. The highest BCUT2D eigenvalue weighted by molar-refractivity contribution is 7.09. The summed E-state index contributed by atoms with van der Waals surface area (Å²) in [6.07, 6.45) is 0. The van der Waals surface area contributed by atoms with E-state index in [1.165, 1.54) is 0 Å². The second-order valence-corrected chi connectivity index (χ2v) is 8.60. The first-order valence-corrected chi connectivity index (χ1v) is 10.6. The molecule has 3 N–H and O–H groups in total. The summed E-state index contributed by atoms with van der Waals surface area (Å²) in [5.74, 6) is -0.504. The Hall–Kier alpha value is -2.71. The van der Waals surface area contributed by atoms with Crippen molar-refractivity contribution in [3.8, 4) is 0 Å². The van der Waals surface area contributed by atoms with Crippen LogP contribution in [-0.4, -0.2) is 42.9 Å². The highest BCUT2D eigenvalue weighted by Crippen LogP contribution is 2.36. The Balaban J connectivity index is 1.68. The minimum absolute atomic E-state index is 0.0981. The molecule has 1 aliphatic rings. The first-order valence-electron chi connectivity index (χ1n) is 9.69. The summed E-state index contributed by atoms with van der Waals surface area (Å²) in [7, 11) is 0. The molecule has 0 saturated heterocycles. The number of hydrogen-bond acceptors (Lipinski definition) is 4. The van der Waals surface area contributed by atoms with Gasteiger partial charge < -0.3 is 15.5 Å². The molecule has 29 heavy (non-hydrogen) atoms. The zero-order valence-electron chi connectivity index (χ0n) is 17.0. The van der Waals surface area contributed by atoms with E-state index in [1.54, 1.807) is 36.2 Å². The number of carbonyl (C=O) groups is 3. The van der Waals surface area contributed by atoms with Crippen molar-refractivity contribution in [3.63, 3.8) is 0 Å². The number of fused-ring (bicyclic) bond motifs is 1. The van der Waals surface area contributed by atoms with Gasteiger partial charge in [0.15, 0.2) is 13.1 Å². The number of amides is 3. The van der Waals surface area contributed by atoms with E-state index in [4.69, 9.17) is 0 Å². The summed E-state index contributed by atoms with van der Waals surface area (Å²) < 4.78 is 0. The van der Waals surface area contributed by atoms with Gasteiger partial charge in [-0.3, -0.25) is 19.3 Å². The summed E-state index contributed by atoms with van der Waals surface area (Å²) in [5.41, 5.74) is 0.294. The number of hydrogen-bond donors (Lipinski definition) is 3. The van der Waals surface area contributed by atoms with Gasteiger partial charge in [-0.25, -0.2) is 0 Å². The summed E-state index contributed by atoms with van der Waals surface area (Å²) in [6, 6.07) is 11.2. The van der Waals surface area contributed by atoms with Gasteiger partial charge in [0.25, 0.3) is 11.8 Å². The van der Waals surface area contributed by atoms with Crippen LogP contribution >= 0.6 is 11.3 Å². The van der Waals surface area contributed by atoms with Gasteiger partial charge in [0.2, 0.25) is 5.91 Å². The van der Waals surface area contributed by atoms with E-state index in [9.17, 15) is 14.4 Å². The molecule has 0 fully saturated rings. The number of carbonyl (C=O) groups excluding carboxylic acids is 3. The number of likely N-dealkylation sites (N-methyl/N-ethyl adjacent to an activating group) is 1. The van der Waals surface area contributed by atoms with Crippen LogP contribution < -0.4 is 20.4 Å². The fraction of sp³-hybridized carbons (Fsp3) is 0.381. The van der Waals surface area contributed by atoms with Crippen LogP contribution in [0.2, 0.25) is 0 Å². The van der Waals surface area contributed by atoms with Crippen LogP contribution in [0.4, 0.5) is 11.4 Å². The molecule has 2 heterocycles. The van der Waals surface area contributed by atoms with Crippen LogP contribution in [0.3, 0.4) is 0 Å². The lowest BCUT2D eigenvalue weighted by Crippen LogP contribution is -3.14. The van der Waals surface area contributed by atoms with Crippen LogP contribution in [0.15, 0.2) is 41.8 Å². The van der Waals surface area contributed by atoms with E-state index in [-0.39, 0.29) is 30.8 Å². The zero-order valence-corrected chi connectivity index (χ0v) is 17.8. The van der Waals surface area contributed by atoms with Crippen molar-refractivity contribution in [1.29, 1.82) is 0 Å². The maximum Gasteiger partial charge on any atom is 0.283 e. The number of thiophene rings is 1. The summed E-state index contributed by atoms with van der Waals surface area (Å²) in [6.45, 7) is 6.86. The Labute approximate surface area is 174 Å². The first-order chi connectivity index (χ1) is 13.8. The summed E-state index contributed by atoms with van der Waals surface area (Å²) in [5, 5.41) is 7.74. The Morgan fingerprint density at radius 1 is 1.17 bits per heavy atom. The van der Waals surface area contributed by atoms with Crippen LogP contribution in [0, 0.1) is 0 Å². The van der Waals surface area contributed by atoms with Crippen molar-refractivity contribution in [2.24, 2.45) is 0 Å². The van der Waals surface area contributed by atoms with Crippen molar-refractivity contribution in [1.82, 2.24) is 5.32 Å². The number of rotatable bonds is 7. The van der Waals surface area contributed by atoms with Crippen LogP contribution in [-0.2, 0) is 20.9 Å². The van der Waals surface area contributed by atoms with Crippen molar-refractivity contribution in [2.45, 2.75) is 32.9 Å². The van der Waals surface area contributed by atoms with Gasteiger partial charge in [-0.1, -0.05) is 18.2 Å². The predicted molar refractivity (Wildman–Crippen MR) is 114 cm³/mol. The zero-order chi connectivity index (χ0) is 21.0. The molecule has 0 saturated carbocycles. The van der Waals surface area contributed by atoms with Gasteiger partial charge in [0, 0.05) is 4.88 Å². The third kappa shape index (κ3) is 4.65. The Kier molecular flexibility index (Phi) is 6.34. The van der Waals surface area contributed by atoms with Gasteiger partial charge in [-0.15, -0.1) is 11.3 Å². The van der Waals surface area contributed by atoms with Gasteiger partial charge in [-0.2, -0.15) is 0 Å². The average molecular weight is 416 g/mol. The third-order valence-electron chi connectivity index (χ3n) is 5.11. The third-order valence-corrected chi connectivity index (χ3v) is 5.99. The molecule has 0 spiro atoms. The van der Waals surface area contributed by atoms with Crippen molar-refractivity contribution in [3.05, 3.63) is 46.7 Å². The van der Waals surface area contributed by atoms with E-state index in [1.807, 2.05) is 42.6 Å². The maximum absolute atomic E-state index is 13.2. The molecule has 3 rings (SSSR count). The quantitative estimate of drug-likeness (QED) is 0.632. The molecular formula is C21H27N4O3S+. The number of para-hydroxylation sites is 2. The topological polar surface area (TPSA) is 82.9 Å². The fourth-order valence-corrected chi connectivity index (χ4v) is 4.04. The summed E-state index contributed by atoms with van der Waals surface area (Å²) >= 11 is 1.59. The second-order valence-electron chi connectivity index (χ2n) is 7.57. The van der Waals surface area contributed by atoms with Crippen molar-refractivity contribution >= 4 is 40.4 Å². The van der Waals surface area contributed by atoms with Crippen LogP contribution in [0.5, 0.6) is 0 Å². The summed E-state index contributed by atoms with van der Waals surface area (Å²) in [4.78, 5) is 41.6. The molecule has 0 radical (unpaired) electrons. The number of nitrogens with zero attached hydrogens (tertiary/aromatic N) is 1. The molecule has 7 nitrogen and oxygen atoms in total. The number of anilines is 2. The molecule has 8 heteroatoms. The Morgan fingerprint density at radius 2 is 1.93 bits per heavy atom. The lowest BCUT2D eigenvalue weighted by molar-refractivity contribution is -0.881. The molecule has 0 bridgehead atoms. The predicted octanol–water partition coefficient (Wildman–Crippen LogP) is 1.03. The van der Waals surface area contributed by atoms with E-state index in [0.717, 1.165) is 9.78 Å². The van der Waals surface area contributed by atoms with Gasteiger partial charge in [0.1, 0.15) is 5.54 Å². The van der Waals surface area contributed by atoms with Gasteiger partial charge in [0.05, 0.1) is 24.5 Å². The normalized spacial score (nSPS) is 16.0. The average Bonchev–Trinajstić information content (AvgIpc) is 3.20. The maximum atomic E-state index is 13.2. The smallest absolute Gasteiger partial charge is 0.283 e. The lowest BCUT2D eigenvalue weighted by Gasteiger charge is -2.42. The monoisotopic (exact) mass is 415 g/mol. The molecule has 1 aliphatic heterocycles. The molecule has 3 amide bonds. The highest BCUT2D eigenvalue weighted by atomic mass is 32.1. The Bertz CT molecular complexity index is 895. The van der Waals surface area contributed by atoms with E-state index in [0.29, 0.717) is 24.5 Å². The molecule has 1 atom stereocenters. The van der Waals surface area contributed by atoms with E-state index in [2.05, 4.69) is 10.6 Å². The molecule has 1 aromatic carbocycles. The van der Waals surface area contributed by atoms with Crippen LogP contribution in [0.1, 0.15) is 25.6 Å². The highest BCUT2D eigenvalue weighted by Gasteiger charge is 2.44. The molecule has 1 unspecified atom stereocenters. The first kappa shape index (κ1) is 21.0. The van der Waals surface area contributed by atoms with E-state index >= 15 is 0 Å². The van der Waals surface area contributed by atoms with Gasteiger partial charge in [-0.05, 0) is 44.4 Å². The van der Waals surface area contributed by atoms with Crippen LogP contribution in [0.25, 0.3) is 0 Å². The minimum atomic E-state index is -1.01. The number of quaternary nitrogens is 1. The molecule has 0 aliphatic carbocycles. The second kappa shape index (κ2) is 8.75. The van der Waals surface area contributed by atoms with Gasteiger partial charge >= 0.3 is 0 Å². The number of benzene rings is 1. The fourth-order valence-electron chi connectivity index (χ4n) is 3.39. The molecule has 1 aromatic heterocycles. The molecular weight excluding hydrogens is 388 g/mol. The lowest BCUT2D eigenvalue weighted by atomic mass is 9.96. The minimum Gasteiger partial charge on any atom is -0.346 e. The van der Waals surface area contributed by atoms with Crippen molar-refractivity contribution in [2.75, 3.05) is 29.9 Å². The molecule has 154 valence electrons. The van der Waals surface area contributed by atoms with Crippen molar-refractivity contribution < 1.29 is 19.3 Å². The van der Waals surface area contributed by atoms with E-state index < -0.39 is 5.54 Å². The standard InChI is InChI=1S/C21H26N4O3S/c1-4-24(13-18(26)22-12-15-8-7-11-29-15)14-19(27)25-17-10-6-5-9-16(17)23-20(28)21(25,2)3/h5-11H,4,12-14H2,1-3H3,(H,22,26)(H,23,28)/p+1. The Morgan fingerprint density at radius 3 is 2.62 bits per heavy atom. The SMILES string of the molecule is CC[NH+](CC(=O)NCc1cccs1)CC(=O)N1c2ccccc2NC(=O)C1(C)C. The number of nitrogens with one attached hydrogen (secondary N) is 3. The molecule has 2 aromatic rings.